The quantitative estimate of drug-likeness (QED) is 0.504. The lowest BCUT2D eigenvalue weighted by molar-refractivity contribution is -0.116. The molecule has 150 valence electrons. The number of carbonyl (C=O) groups is 2. The number of benzene rings is 2. The molecule has 0 atom stereocenters. The van der Waals surface area contributed by atoms with Gasteiger partial charge in [0.2, 0.25) is 5.91 Å². The van der Waals surface area contributed by atoms with Crippen LogP contribution in [0.5, 0.6) is 0 Å². The van der Waals surface area contributed by atoms with Crippen molar-refractivity contribution in [3.8, 4) is 0 Å². The van der Waals surface area contributed by atoms with Crippen LogP contribution in [0.15, 0.2) is 60.7 Å². The number of hydrogen-bond donors (Lipinski definition) is 2. The zero-order valence-corrected chi connectivity index (χ0v) is 17.3. The highest BCUT2D eigenvalue weighted by molar-refractivity contribution is 7.17. The number of rotatable bonds is 9. The molecule has 6 heteroatoms. The van der Waals surface area contributed by atoms with Gasteiger partial charge in [0.05, 0.1) is 5.69 Å². The first-order valence-electron chi connectivity index (χ1n) is 9.75. The van der Waals surface area contributed by atoms with Crippen LogP contribution in [0.25, 0.3) is 0 Å². The number of amides is 2. The van der Waals surface area contributed by atoms with Crippen molar-refractivity contribution in [2.45, 2.75) is 39.2 Å². The molecule has 0 fully saturated rings. The van der Waals surface area contributed by atoms with Crippen molar-refractivity contribution in [1.29, 1.82) is 0 Å². The molecule has 0 radical (unpaired) electrons. The van der Waals surface area contributed by atoms with E-state index in [9.17, 15) is 9.59 Å². The van der Waals surface area contributed by atoms with E-state index in [4.69, 9.17) is 0 Å². The number of nitrogens with one attached hydrogen (secondary N) is 2. The zero-order valence-electron chi connectivity index (χ0n) is 16.5. The summed E-state index contributed by atoms with van der Waals surface area (Å²) < 4.78 is 0. The Bertz CT molecular complexity index is 939. The zero-order chi connectivity index (χ0) is 20.5. The summed E-state index contributed by atoms with van der Waals surface area (Å²) >= 11 is 1.21. The molecule has 1 aromatic heterocycles. The van der Waals surface area contributed by atoms with Crippen molar-refractivity contribution in [2.24, 2.45) is 0 Å². The molecule has 0 saturated carbocycles. The van der Waals surface area contributed by atoms with E-state index in [1.54, 1.807) is 6.92 Å². The van der Waals surface area contributed by atoms with E-state index in [2.05, 4.69) is 27.8 Å². The van der Waals surface area contributed by atoms with Gasteiger partial charge in [0, 0.05) is 13.0 Å². The number of aromatic nitrogens is 1. The van der Waals surface area contributed by atoms with Gasteiger partial charge in [-0.3, -0.25) is 9.59 Å². The number of nitrogens with zero attached hydrogens (tertiary/aromatic N) is 1. The molecule has 0 aliphatic rings. The third-order valence-corrected chi connectivity index (χ3v) is 5.58. The molecule has 0 saturated heterocycles. The maximum atomic E-state index is 12.4. The second kappa shape index (κ2) is 10.5. The lowest BCUT2D eigenvalue weighted by atomic mass is 10.1. The molecule has 1 heterocycles. The number of carbonyl (C=O) groups excluding carboxylic acids is 2. The van der Waals surface area contributed by atoms with Crippen LogP contribution in [0.3, 0.4) is 0 Å². The van der Waals surface area contributed by atoms with Gasteiger partial charge < -0.3 is 10.6 Å². The van der Waals surface area contributed by atoms with E-state index >= 15 is 0 Å². The van der Waals surface area contributed by atoms with E-state index in [0.29, 0.717) is 28.7 Å². The highest BCUT2D eigenvalue weighted by atomic mass is 32.1. The summed E-state index contributed by atoms with van der Waals surface area (Å²) in [6, 6.07) is 20.0. The van der Waals surface area contributed by atoms with Gasteiger partial charge >= 0.3 is 0 Å². The monoisotopic (exact) mass is 407 g/mol. The number of unbranched alkanes of at least 4 members (excludes halogenated alkanes) is 1. The molecule has 2 amide bonds. The normalized spacial score (nSPS) is 10.5. The maximum absolute atomic E-state index is 12.4. The first-order valence-corrected chi connectivity index (χ1v) is 10.6. The van der Waals surface area contributed by atoms with Crippen molar-refractivity contribution in [1.82, 2.24) is 10.3 Å². The van der Waals surface area contributed by atoms with Gasteiger partial charge in [0.1, 0.15) is 4.88 Å². The Kier molecular flexibility index (Phi) is 7.53. The molecule has 2 aromatic carbocycles. The van der Waals surface area contributed by atoms with Crippen LogP contribution in [-0.2, 0) is 17.8 Å². The Morgan fingerprint density at radius 3 is 2.28 bits per heavy atom. The lowest BCUT2D eigenvalue weighted by Gasteiger charge is -2.04. The highest BCUT2D eigenvalue weighted by Crippen LogP contribution is 2.23. The molecule has 2 N–H and O–H groups in total. The van der Waals surface area contributed by atoms with Gasteiger partial charge in [0.15, 0.2) is 5.13 Å². The summed E-state index contributed by atoms with van der Waals surface area (Å²) in [5.74, 6) is -0.240. The summed E-state index contributed by atoms with van der Waals surface area (Å²) in [5.41, 5.74) is 2.95. The van der Waals surface area contributed by atoms with Gasteiger partial charge in [-0.2, -0.15) is 0 Å². The van der Waals surface area contributed by atoms with Crippen LogP contribution in [0, 0.1) is 6.92 Å². The lowest BCUT2D eigenvalue weighted by Crippen LogP contribution is -2.22. The molecule has 0 aliphatic carbocycles. The highest BCUT2D eigenvalue weighted by Gasteiger charge is 2.16. The number of anilines is 1. The maximum Gasteiger partial charge on any atom is 0.263 e. The fraction of sp³-hybridized carbons (Fsp3) is 0.261. The molecule has 3 rings (SSSR count). The predicted molar refractivity (Wildman–Crippen MR) is 117 cm³/mol. The van der Waals surface area contributed by atoms with Crippen LogP contribution < -0.4 is 10.6 Å². The molecule has 0 unspecified atom stereocenters. The van der Waals surface area contributed by atoms with Gasteiger partial charge in [-0.15, -0.1) is 0 Å². The van der Waals surface area contributed by atoms with Crippen molar-refractivity contribution in [3.63, 3.8) is 0 Å². The second-order valence-electron chi connectivity index (χ2n) is 6.84. The first-order chi connectivity index (χ1) is 14.1. The Labute approximate surface area is 175 Å². The van der Waals surface area contributed by atoms with E-state index in [0.717, 1.165) is 24.8 Å². The van der Waals surface area contributed by atoms with E-state index in [1.165, 1.54) is 16.9 Å². The smallest absolute Gasteiger partial charge is 0.263 e. The van der Waals surface area contributed by atoms with E-state index in [-0.39, 0.29) is 11.8 Å². The van der Waals surface area contributed by atoms with Gasteiger partial charge in [-0.1, -0.05) is 72.0 Å². The van der Waals surface area contributed by atoms with Gasteiger partial charge in [-0.25, -0.2) is 4.98 Å². The molecule has 3 aromatic rings. The van der Waals surface area contributed by atoms with Crippen molar-refractivity contribution >= 4 is 28.3 Å². The van der Waals surface area contributed by atoms with E-state index in [1.807, 2.05) is 48.5 Å². The summed E-state index contributed by atoms with van der Waals surface area (Å²) in [7, 11) is 0. The third kappa shape index (κ3) is 6.54. The molecule has 0 aliphatic heterocycles. The van der Waals surface area contributed by atoms with Crippen molar-refractivity contribution < 1.29 is 9.59 Å². The van der Waals surface area contributed by atoms with Crippen LogP contribution in [0.1, 0.15) is 45.8 Å². The summed E-state index contributed by atoms with van der Waals surface area (Å²) in [6.45, 7) is 2.24. The Morgan fingerprint density at radius 2 is 1.59 bits per heavy atom. The average Bonchev–Trinajstić information content (AvgIpc) is 3.11. The Hall–Kier alpha value is -2.99. The molecule has 5 nitrogen and oxygen atoms in total. The van der Waals surface area contributed by atoms with Crippen molar-refractivity contribution in [3.05, 3.63) is 82.4 Å². The SMILES string of the molecule is Cc1nc(NC(=O)CCCCc2ccccc2)sc1C(=O)NCc1ccccc1. The minimum atomic E-state index is -0.174. The largest absolute Gasteiger partial charge is 0.347 e. The average molecular weight is 408 g/mol. The summed E-state index contributed by atoms with van der Waals surface area (Å²) in [6.07, 6.45) is 3.19. The minimum Gasteiger partial charge on any atom is -0.347 e. The molecule has 29 heavy (non-hydrogen) atoms. The fourth-order valence-electron chi connectivity index (χ4n) is 2.96. The summed E-state index contributed by atoms with van der Waals surface area (Å²) in [4.78, 5) is 29.5. The van der Waals surface area contributed by atoms with Crippen LogP contribution >= 0.6 is 11.3 Å². The number of hydrogen-bond acceptors (Lipinski definition) is 4. The topological polar surface area (TPSA) is 71.1 Å². The Balaban J connectivity index is 1.44. The second-order valence-corrected chi connectivity index (χ2v) is 7.84. The minimum absolute atomic E-state index is 0.0666. The molecular formula is C23H25N3O2S. The van der Waals surface area contributed by atoms with Crippen LogP contribution in [0.4, 0.5) is 5.13 Å². The van der Waals surface area contributed by atoms with Gasteiger partial charge in [0.25, 0.3) is 5.91 Å². The standard InChI is InChI=1S/C23H25N3O2S/c1-17-21(22(28)24-16-19-13-6-3-7-14-19)29-23(25-17)26-20(27)15-9-8-12-18-10-4-2-5-11-18/h2-7,10-11,13-14H,8-9,12,15-16H2,1H3,(H,24,28)(H,25,26,27). The summed E-state index contributed by atoms with van der Waals surface area (Å²) in [5, 5.41) is 6.19. The van der Waals surface area contributed by atoms with Crippen LogP contribution in [0.2, 0.25) is 0 Å². The molecule has 0 spiro atoms. The molecule has 0 bridgehead atoms. The predicted octanol–water partition coefficient (Wildman–Crippen LogP) is 4.73. The fourth-order valence-corrected chi connectivity index (χ4v) is 3.86. The number of aryl methyl sites for hydroxylation is 2. The molecular weight excluding hydrogens is 382 g/mol. The van der Waals surface area contributed by atoms with Gasteiger partial charge in [-0.05, 0) is 37.3 Å². The number of thiazole rings is 1. The van der Waals surface area contributed by atoms with Crippen LogP contribution in [-0.4, -0.2) is 16.8 Å². The van der Waals surface area contributed by atoms with Crippen molar-refractivity contribution in [2.75, 3.05) is 5.32 Å². The third-order valence-electron chi connectivity index (χ3n) is 4.51. The first kappa shape index (κ1) is 20.7. The Morgan fingerprint density at radius 1 is 0.931 bits per heavy atom. The van der Waals surface area contributed by atoms with E-state index < -0.39 is 0 Å².